The molecular formula is C17H18ClN3O. The second-order valence-electron chi connectivity index (χ2n) is 5.83. The summed E-state index contributed by atoms with van der Waals surface area (Å²) in [4.78, 5) is 11.3. The van der Waals surface area contributed by atoms with Gasteiger partial charge in [0.25, 0.3) is 0 Å². The molecule has 1 unspecified atom stereocenters. The number of hydrogen-bond donors (Lipinski definition) is 0. The summed E-state index contributed by atoms with van der Waals surface area (Å²) < 4.78 is 5.95. The Bertz CT molecular complexity index is 674. The van der Waals surface area contributed by atoms with Crippen LogP contribution in [0.4, 0.5) is 5.82 Å². The van der Waals surface area contributed by atoms with Gasteiger partial charge >= 0.3 is 0 Å². The van der Waals surface area contributed by atoms with E-state index in [-0.39, 0.29) is 6.10 Å². The molecule has 1 aromatic heterocycles. The third-order valence-corrected chi connectivity index (χ3v) is 4.71. The van der Waals surface area contributed by atoms with Crippen LogP contribution in [0.25, 0.3) is 0 Å². The van der Waals surface area contributed by atoms with E-state index >= 15 is 0 Å². The van der Waals surface area contributed by atoms with Crippen molar-refractivity contribution in [2.24, 2.45) is 0 Å². The van der Waals surface area contributed by atoms with E-state index in [0.29, 0.717) is 6.61 Å². The minimum atomic E-state index is 0.0676. The van der Waals surface area contributed by atoms with Gasteiger partial charge in [-0.05, 0) is 37.0 Å². The number of aryl methyl sites for hydroxylation is 1. The van der Waals surface area contributed by atoms with Crippen molar-refractivity contribution in [1.82, 2.24) is 9.97 Å². The highest BCUT2D eigenvalue weighted by Crippen LogP contribution is 2.31. The first-order valence-corrected chi connectivity index (χ1v) is 8.14. The number of aromatic nitrogens is 2. The number of ether oxygens (including phenoxy) is 1. The first kappa shape index (κ1) is 14.0. The van der Waals surface area contributed by atoms with Crippen molar-refractivity contribution < 1.29 is 4.74 Å². The van der Waals surface area contributed by atoms with Crippen LogP contribution in [0, 0.1) is 0 Å². The van der Waals surface area contributed by atoms with Crippen molar-refractivity contribution in [1.29, 1.82) is 0 Å². The Morgan fingerprint density at radius 2 is 2.00 bits per heavy atom. The largest absolute Gasteiger partial charge is 0.370 e. The number of morpholine rings is 1. The van der Waals surface area contributed by atoms with Gasteiger partial charge in [0, 0.05) is 29.4 Å². The third kappa shape index (κ3) is 2.57. The average molecular weight is 316 g/mol. The molecule has 0 saturated carbocycles. The molecule has 5 heteroatoms. The normalized spacial score (nSPS) is 21.0. The molecule has 2 aliphatic rings. The molecule has 114 valence electrons. The van der Waals surface area contributed by atoms with Gasteiger partial charge in [-0.2, -0.15) is 0 Å². The molecule has 1 saturated heterocycles. The summed E-state index contributed by atoms with van der Waals surface area (Å²) >= 11 is 5.97. The maximum absolute atomic E-state index is 5.97. The Balaban J connectivity index is 1.59. The monoisotopic (exact) mass is 315 g/mol. The predicted molar refractivity (Wildman–Crippen MR) is 86.4 cm³/mol. The fraction of sp³-hybridized carbons (Fsp3) is 0.412. The summed E-state index contributed by atoms with van der Waals surface area (Å²) in [6.45, 7) is 2.42. The van der Waals surface area contributed by atoms with Crippen LogP contribution in [-0.4, -0.2) is 29.7 Å². The Labute approximate surface area is 135 Å². The van der Waals surface area contributed by atoms with Gasteiger partial charge in [-0.3, -0.25) is 0 Å². The fourth-order valence-electron chi connectivity index (χ4n) is 3.34. The Hall–Kier alpha value is -1.65. The van der Waals surface area contributed by atoms with Gasteiger partial charge in [-0.25, -0.2) is 9.97 Å². The second-order valence-corrected chi connectivity index (χ2v) is 6.27. The van der Waals surface area contributed by atoms with Crippen LogP contribution in [0.1, 0.15) is 29.3 Å². The Kier molecular flexibility index (Phi) is 3.72. The van der Waals surface area contributed by atoms with Crippen molar-refractivity contribution in [2.75, 3.05) is 24.6 Å². The van der Waals surface area contributed by atoms with E-state index in [9.17, 15) is 0 Å². The number of rotatable bonds is 2. The third-order valence-electron chi connectivity index (χ3n) is 4.46. The van der Waals surface area contributed by atoms with Crippen LogP contribution >= 0.6 is 11.6 Å². The molecule has 1 aromatic carbocycles. The zero-order chi connectivity index (χ0) is 14.9. The lowest BCUT2D eigenvalue weighted by Crippen LogP contribution is -2.39. The average Bonchev–Trinajstić information content (AvgIpc) is 3.04. The maximum atomic E-state index is 5.97. The molecular weight excluding hydrogens is 298 g/mol. The first-order chi connectivity index (χ1) is 10.8. The summed E-state index contributed by atoms with van der Waals surface area (Å²) in [5.41, 5.74) is 3.72. The Morgan fingerprint density at radius 1 is 1.14 bits per heavy atom. The topological polar surface area (TPSA) is 38.2 Å². The molecule has 0 amide bonds. The summed E-state index contributed by atoms with van der Waals surface area (Å²) in [6, 6.07) is 7.92. The van der Waals surface area contributed by atoms with E-state index in [4.69, 9.17) is 16.3 Å². The molecule has 2 aromatic rings. The van der Waals surface area contributed by atoms with Crippen LogP contribution < -0.4 is 4.90 Å². The number of anilines is 1. The summed E-state index contributed by atoms with van der Waals surface area (Å²) in [5.74, 6) is 1.10. The van der Waals surface area contributed by atoms with Crippen molar-refractivity contribution >= 4 is 17.4 Å². The van der Waals surface area contributed by atoms with Gasteiger partial charge in [0.05, 0.1) is 6.61 Å². The van der Waals surface area contributed by atoms with Crippen molar-refractivity contribution in [2.45, 2.75) is 25.4 Å². The summed E-state index contributed by atoms with van der Waals surface area (Å²) in [5, 5.41) is 0.755. The molecule has 0 spiro atoms. The molecule has 22 heavy (non-hydrogen) atoms. The van der Waals surface area contributed by atoms with E-state index in [1.165, 1.54) is 23.2 Å². The summed E-state index contributed by atoms with van der Waals surface area (Å²) in [7, 11) is 0. The number of fused-ring (bicyclic) bond motifs is 1. The lowest BCUT2D eigenvalue weighted by molar-refractivity contribution is 0.0394. The second kappa shape index (κ2) is 5.86. The standard InChI is InChI=1S/C17H18ClN3O/c18-13-6-4-12(5-7-13)16-10-21(8-9-22-16)17-14-2-1-3-15(14)19-11-20-17/h4-7,11,16H,1-3,8-10H2. The van der Waals surface area contributed by atoms with Crippen LogP contribution in [0.2, 0.25) is 5.02 Å². The van der Waals surface area contributed by atoms with Gasteiger partial charge in [-0.15, -0.1) is 0 Å². The van der Waals surface area contributed by atoms with Crippen LogP contribution in [0.5, 0.6) is 0 Å². The van der Waals surface area contributed by atoms with Crippen LogP contribution in [-0.2, 0) is 17.6 Å². The highest BCUT2D eigenvalue weighted by Gasteiger charge is 2.27. The van der Waals surface area contributed by atoms with E-state index in [0.717, 1.165) is 36.8 Å². The number of halogens is 1. The van der Waals surface area contributed by atoms with E-state index in [1.54, 1.807) is 6.33 Å². The highest BCUT2D eigenvalue weighted by atomic mass is 35.5. The molecule has 1 aliphatic heterocycles. The minimum absolute atomic E-state index is 0.0676. The minimum Gasteiger partial charge on any atom is -0.370 e. The lowest BCUT2D eigenvalue weighted by Gasteiger charge is -2.34. The van der Waals surface area contributed by atoms with E-state index in [1.807, 2.05) is 24.3 Å². The zero-order valence-electron chi connectivity index (χ0n) is 12.3. The molecule has 0 N–H and O–H groups in total. The molecule has 1 atom stereocenters. The zero-order valence-corrected chi connectivity index (χ0v) is 13.1. The van der Waals surface area contributed by atoms with E-state index in [2.05, 4.69) is 14.9 Å². The van der Waals surface area contributed by atoms with Crippen LogP contribution in [0.3, 0.4) is 0 Å². The van der Waals surface area contributed by atoms with Gasteiger partial charge in [0.2, 0.25) is 0 Å². The molecule has 0 radical (unpaired) electrons. The quantitative estimate of drug-likeness (QED) is 0.853. The molecule has 4 rings (SSSR count). The van der Waals surface area contributed by atoms with Crippen LogP contribution in [0.15, 0.2) is 30.6 Å². The van der Waals surface area contributed by atoms with Gasteiger partial charge in [0.1, 0.15) is 18.2 Å². The molecule has 0 bridgehead atoms. The van der Waals surface area contributed by atoms with Crippen molar-refractivity contribution in [3.8, 4) is 0 Å². The van der Waals surface area contributed by atoms with Gasteiger partial charge < -0.3 is 9.64 Å². The molecule has 4 nitrogen and oxygen atoms in total. The Morgan fingerprint density at radius 3 is 2.86 bits per heavy atom. The van der Waals surface area contributed by atoms with Crippen molar-refractivity contribution in [3.05, 3.63) is 52.4 Å². The van der Waals surface area contributed by atoms with Crippen molar-refractivity contribution in [3.63, 3.8) is 0 Å². The fourth-order valence-corrected chi connectivity index (χ4v) is 3.46. The summed E-state index contributed by atoms with van der Waals surface area (Å²) in [6.07, 6.45) is 5.13. The predicted octanol–water partition coefficient (Wildman–Crippen LogP) is 3.20. The smallest absolute Gasteiger partial charge is 0.135 e. The molecule has 1 fully saturated rings. The molecule has 1 aliphatic carbocycles. The number of benzene rings is 1. The first-order valence-electron chi connectivity index (χ1n) is 7.76. The lowest BCUT2D eigenvalue weighted by atomic mass is 10.1. The van der Waals surface area contributed by atoms with Gasteiger partial charge in [0.15, 0.2) is 0 Å². The highest BCUT2D eigenvalue weighted by molar-refractivity contribution is 6.30. The number of hydrogen-bond acceptors (Lipinski definition) is 4. The van der Waals surface area contributed by atoms with E-state index < -0.39 is 0 Å². The molecule has 2 heterocycles. The SMILES string of the molecule is Clc1ccc(C2CN(c3ncnc4c3CCC4)CCO2)cc1. The maximum Gasteiger partial charge on any atom is 0.135 e. The number of nitrogens with zero attached hydrogens (tertiary/aromatic N) is 3. The van der Waals surface area contributed by atoms with Gasteiger partial charge in [-0.1, -0.05) is 23.7 Å².